The lowest BCUT2D eigenvalue weighted by Gasteiger charge is -2.39. The van der Waals surface area contributed by atoms with Crippen molar-refractivity contribution in [3.63, 3.8) is 0 Å². The molecule has 2 rings (SSSR count). The summed E-state index contributed by atoms with van der Waals surface area (Å²) in [7, 11) is 0. The smallest absolute Gasteiger partial charge is 0.288 e. The number of thioether (sulfide) groups is 1. The Kier molecular flexibility index (Phi) is 4.71. The molecule has 1 nitrogen and oxygen atoms in total. The van der Waals surface area contributed by atoms with E-state index in [9.17, 15) is 8.78 Å². The normalized spacial score (nSPS) is 22.5. The molecular weight excluding hydrogens is 264 g/mol. The molecule has 0 aliphatic heterocycles. The second-order valence-electron chi connectivity index (χ2n) is 5.83. The van der Waals surface area contributed by atoms with Gasteiger partial charge in [0.15, 0.2) is 0 Å². The molecule has 0 aromatic heterocycles. The van der Waals surface area contributed by atoms with Crippen LogP contribution < -0.4 is 5.32 Å². The number of rotatable bonds is 4. The van der Waals surface area contributed by atoms with Crippen LogP contribution in [0.15, 0.2) is 29.2 Å². The van der Waals surface area contributed by atoms with Gasteiger partial charge in [-0.1, -0.05) is 38.5 Å². The predicted octanol–water partition coefficient (Wildman–Crippen LogP) is 5.38. The molecule has 0 saturated heterocycles. The summed E-state index contributed by atoms with van der Waals surface area (Å²) in [6, 6.07) is 7.78. The Morgan fingerprint density at radius 2 is 1.89 bits per heavy atom. The lowest BCUT2D eigenvalue weighted by atomic mass is 9.73. The third-order valence-corrected chi connectivity index (χ3v) is 4.65. The zero-order chi connectivity index (χ0) is 13.9. The molecule has 1 aliphatic rings. The average Bonchev–Trinajstić information content (AvgIpc) is 2.33. The number of alkyl halides is 2. The summed E-state index contributed by atoms with van der Waals surface area (Å²) in [5, 5.41) is 3.55. The molecule has 0 spiro atoms. The van der Waals surface area contributed by atoms with Crippen LogP contribution in [0.3, 0.4) is 0 Å². The van der Waals surface area contributed by atoms with Crippen molar-refractivity contribution in [2.24, 2.45) is 5.41 Å². The molecule has 1 aromatic carbocycles. The zero-order valence-corrected chi connectivity index (χ0v) is 12.3. The van der Waals surface area contributed by atoms with E-state index < -0.39 is 5.76 Å². The summed E-state index contributed by atoms with van der Waals surface area (Å²) in [4.78, 5) is 0.614. The third kappa shape index (κ3) is 4.10. The van der Waals surface area contributed by atoms with Crippen molar-refractivity contribution in [2.45, 2.75) is 56.2 Å². The molecule has 1 aromatic rings. The Morgan fingerprint density at radius 3 is 2.47 bits per heavy atom. The van der Waals surface area contributed by atoms with Crippen molar-refractivity contribution in [3.05, 3.63) is 24.3 Å². The number of halogens is 2. The first kappa shape index (κ1) is 14.6. The molecule has 0 amide bonds. The molecule has 1 saturated carbocycles. The average molecular weight is 285 g/mol. The highest BCUT2D eigenvalue weighted by atomic mass is 32.2. The number of hydrogen-bond donors (Lipinski definition) is 1. The Labute approximate surface area is 118 Å². The summed E-state index contributed by atoms with van der Waals surface area (Å²) < 4.78 is 24.5. The van der Waals surface area contributed by atoms with Gasteiger partial charge in [-0.05, 0) is 42.5 Å². The third-order valence-electron chi connectivity index (χ3n) is 3.93. The van der Waals surface area contributed by atoms with E-state index in [-0.39, 0.29) is 0 Å². The van der Waals surface area contributed by atoms with E-state index in [1.165, 1.54) is 25.7 Å². The summed E-state index contributed by atoms with van der Waals surface area (Å²) in [6.45, 7) is 4.59. The molecule has 1 atom stereocenters. The topological polar surface area (TPSA) is 12.0 Å². The number of benzene rings is 1. The summed E-state index contributed by atoms with van der Waals surface area (Å²) >= 11 is 0.592. The Hall–Kier alpha value is -0.770. The lowest BCUT2D eigenvalue weighted by molar-refractivity contribution is 0.217. The van der Waals surface area contributed by atoms with Crippen LogP contribution in [0, 0.1) is 5.41 Å². The fourth-order valence-electron chi connectivity index (χ4n) is 2.70. The predicted molar refractivity (Wildman–Crippen MR) is 78.0 cm³/mol. The fourth-order valence-corrected chi connectivity index (χ4v) is 3.19. The van der Waals surface area contributed by atoms with Gasteiger partial charge in [0.1, 0.15) is 0 Å². The first-order valence-corrected chi connectivity index (χ1v) is 7.67. The molecule has 4 heteroatoms. The zero-order valence-electron chi connectivity index (χ0n) is 11.5. The molecule has 0 radical (unpaired) electrons. The first-order chi connectivity index (χ1) is 8.97. The highest BCUT2D eigenvalue weighted by molar-refractivity contribution is 7.99. The van der Waals surface area contributed by atoms with Gasteiger partial charge in [-0.25, -0.2) is 0 Å². The van der Waals surface area contributed by atoms with Crippen LogP contribution >= 0.6 is 11.8 Å². The highest BCUT2D eigenvalue weighted by Crippen LogP contribution is 2.37. The maximum absolute atomic E-state index is 12.2. The van der Waals surface area contributed by atoms with Gasteiger partial charge in [0, 0.05) is 16.6 Å². The molecule has 1 aliphatic carbocycles. The van der Waals surface area contributed by atoms with E-state index in [0.717, 1.165) is 5.69 Å². The summed E-state index contributed by atoms with van der Waals surface area (Å²) in [5.74, 6) is -2.35. The number of nitrogens with one attached hydrogen (secondary N) is 1. The lowest BCUT2D eigenvalue weighted by Crippen LogP contribution is -2.38. The number of anilines is 1. The van der Waals surface area contributed by atoms with Gasteiger partial charge in [-0.3, -0.25) is 0 Å². The SMILES string of the molecule is CC1(C)CCCCC1Nc1ccc(SC(F)F)cc1. The fraction of sp³-hybridized carbons (Fsp3) is 0.600. The van der Waals surface area contributed by atoms with Crippen molar-refractivity contribution >= 4 is 17.4 Å². The molecule has 1 N–H and O–H groups in total. The van der Waals surface area contributed by atoms with Gasteiger partial charge in [0.05, 0.1) is 0 Å². The van der Waals surface area contributed by atoms with Crippen LogP contribution in [-0.2, 0) is 0 Å². The van der Waals surface area contributed by atoms with Crippen molar-refractivity contribution < 1.29 is 8.78 Å². The van der Waals surface area contributed by atoms with E-state index in [2.05, 4.69) is 19.2 Å². The van der Waals surface area contributed by atoms with E-state index >= 15 is 0 Å². The molecular formula is C15H21F2NS. The van der Waals surface area contributed by atoms with Crippen molar-refractivity contribution in [2.75, 3.05) is 5.32 Å². The maximum atomic E-state index is 12.2. The molecule has 1 unspecified atom stereocenters. The van der Waals surface area contributed by atoms with Crippen LogP contribution in [0.4, 0.5) is 14.5 Å². The van der Waals surface area contributed by atoms with E-state index in [4.69, 9.17) is 0 Å². The summed E-state index contributed by atoms with van der Waals surface area (Å²) in [6.07, 6.45) is 4.99. The van der Waals surface area contributed by atoms with E-state index in [1.807, 2.05) is 12.1 Å². The minimum Gasteiger partial charge on any atom is -0.382 e. The molecule has 19 heavy (non-hydrogen) atoms. The van der Waals surface area contributed by atoms with Gasteiger partial charge >= 0.3 is 0 Å². The molecule has 106 valence electrons. The maximum Gasteiger partial charge on any atom is 0.288 e. The molecule has 0 heterocycles. The Balaban J connectivity index is 1.99. The van der Waals surface area contributed by atoms with E-state index in [1.54, 1.807) is 12.1 Å². The first-order valence-electron chi connectivity index (χ1n) is 6.79. The van der Waals surface area contributed by atoms with Crippen molar-refractivity contribution in [3.8, 4) is 0 Å². The van der Waals surface area contributed by atoms with Crippen LogP contribution in [0.1, 0.15) is 39.5 Å². The number of hydrogen-bond acceptors (Lipinski definition) is 2. The van der Waals surface area contributed by atoms with Crippen LogP contribution in [0.5, 0.6) is 0 Å². The van der Waals surface area contributed by atoms with Crippen molar-refractivity contribution in [1.29, 1.82) is 0 Å². The Morgan fingerprint density at radius 1 is 1.21 bits per heavy atom. The van der Waals surface area contributed by atoms with Gasteiger partial charge in [0.2, 0.25) is 0 Å². The monoisotopic (exact) mass is 285 g/mol. The quantitative estimate of drug-likeness (QED) is 0.745. The second kappa shape index (κ2) is 6.12. The van der Waals surface area contributed by atoms with Gasteiger partial charge in [-0.15, -0.1) is 0 Å². The minimum absolute atomic E-state index is 0.300. The minimum atomic E-state index is -2.35. The second-order valence-corrected chi connectivity index (χ2v) is 6.90. The van der Waals surface area contributed by atoms with Crippen LogP contribution in [-0.4, -0.2) is 11.8 Å². The van der Waals surface area contributed by atoms with Gasteiger partial charge < -0.3 is 5.32 Å². The molecule has 0 bridgehead atoms. The largest absolute Gasteiger partial charge is 0.382 e. The standard InChI is InChI=1S/C15H21F2NS/c1-15(2)10-4-3-5-13(15)18-11-6-8-12(9-7-11)19-14(16)17/h6-9,13-14,18H,3-5,10H2,1-2H3. The van der Waals surface area contributed by atoms with Crippen molar-refractivity contribution in [1.82, 2.24) is 0 Å². The highest BCUT2D eigenvalue weighted by Gasteiger charge is 2.31. The van der Waals surface area contributed by atoms with Crippen LogP contribution in [0.25, 0.3) is 0 Å². The summed E-state index contributed by atoms with van der Waals surface area (Å²) in [5.41, 5.74) is 1.33. The van der Waals surface area contributed by atoms with Gasteiger partial charge in [0.25, 0.3) is 5.76 Å². The Bertz CT molecular complexity index is 403. The van der Waals surface area contributed by atoms with Gasteiger partial charge in [-0.2, -0.15) is 8.78 Å². The van der Waals surface area contributed by atoms with Crippen LogP contribution in [0.2, 0.25) is 0 Å². The van der Waals surface area contributed by atoms with E-state index in [0.29, 0.717) is 28.1 Å². The molecule has 1 fully saturated rings.